The Hall–Kier alpha value is -2.64. The molecular weight excluding hydrogens is 446 g/mol. The van der Waals surface area contributed by atoms with Gasteiger partial charge in [-0.15, -0.1) is 0 Å². The van der Waals surface area contributed by atoms with Crippen LogP contribution in [0.25, 0.3) is 43.8 Å². The number of hydrogen-bond acceptors (Lipinski definition) is 3. The summed E-state index contributed by atoms with van der Waals surface area (Å²) in [4.78, 5) is 28.5. The smallest absolute Gasteiger partial charge is 0.199 e. The fourth-order valence-corrected chi connectivity index (χ4v) is 4.95. The molecule has 5 aromatic carbocycles. The molecule has 5 rings (SSSR count). The van der Waals surface area contributed by atoms with Crippen LogP contribution in [-0.4, -0.2) is 14.7 Å². The summed E-state index contributed by atoms with van der Waals surface area (Å²) in [6.45, 7) is 4.00. The van der Waals surface area contributed by atoms with Gasteiger partial charge < -0.3 is 14.7 Å². The van der Waals surface area contributed by atoms with E-state index >= 15 is 0 Å². The molecule has 166 valence electrons. The fourth-order valence-electron chi connectivity index (χ4n) is 4.22. The predicted octanol–water partition coefficient (Wildman–Crippen LogP) is 6.49. The van der Waals surface area contributed by atoms with Gasteiger partial charge in [0.25, 0.3) is 0 Å². The van der Waals surface area contributed by atoms with Gasteiger partial charge in [0.1, 0.15) is 0 Å². The lowest BCUT2D eigenvalue weighted by Gasteiger charge is -2.18. The maximum absolute atomic E-state index is 9.53. The van der Waals surface area contributed by atoms with Gasteiger partial charge >= 0.3 is 0 Å². The molecule has 3 N–H and O–H groups in total. The lowest BCUT2D eigenvalue weighted by Crippen LogP contribution is -1.99. The number of fused-ring (bicyclic) bond motifs is 2. The largest absolute Gasteiger partial charge is 0.372 e. The van der Waals surface area contributed by atoms with Crippen LogP contribution in [-0.2, 0) is 0 Å². The van der Waals surface area contributed by atoms with Crippen molar-refractivity contribution in [3.8, 4) is 22.3 Å². The summed E-state index contributed by atoms with van der Waals surface area (Å²) in [5, 5.41) is 6.06. The van der Waals surface area contributed by atoms with Crippen molar-refractivity contribution in [3.05, 3.63) is 97.1 Å². The van der Waals surface area contributed by atoms with E-state index in [0.717, 1.165) is 43.5 Å². The van der Waals surface area contributed by atoms with E-state index in [-0.39, 0.29) is 8.81 Å². The van der Waals surface area contributed by atoms with Crippen molar-refractivity contribution in [3.63, 3.8) is 0 Å². The van der Waals surface area contributed by atoms with Gasteiger partial charge in [0.05, 0.1) is 0 Å². The molecule has 0 aliphatic rings. The highest BCUT2D eigenvalue weighted by Crippen LogP contribution is 2.43. The lowest BCUT2D eigenvalue weighted by atomic mass is 9.86. The van der Waals surface area contributed by atoms with Gasteiger partial charge in [0, 0.05) is 14.1 Å². The highest BCUT2D eigenvalue weighted by molar-refractivity contribution is 7.54. The van der Waals surface area contributed by atoms with Crippen LogP contribution in [0.2, 0.25) is 0 Å². The molecule has 0 aliphatic heterocycles. The van der Waals surface area contributed by atoms with Crippen molar-refractivity contribution in [2.75, 3.05) is 0 Å². The minimum absolute atomic E-state index is 0.212. The van der Waals surface area contributed by atoms with Gasteiger partial charge in [0.2, 0.25) is 0 Å². The normalized spacial score (nSPS) is 11.3. The van der Waals surface area contributed by atoms with E-state index in [1.165, 1.54) is 5.56 Å². The molecule has 0 saturated carbocycles. The van der Waals surface area contributed by atoms with Crippen LogP contribution in [0, 0.1) is 0 Å². The molecule has 0 bridgehead atoms. The Kier molecular flexibility index (Phi) is 7.50. The summed E-state index contributed by atoms with van der Waals surface area (Å²) in [6.07, 6.45) is 0. The van der Waals surface area contributed by atoms with E-state index in [2.05, 4.69) is 60.7 Å². The Balaban J connectivity index is 0.00000126. The third-order valence-corrected chi connectivity index (χ3v) is 6.97. The Bertz CT molecular complexity index is 1320. The van der Waals surface area contributed by atoms with Gasteiger partial charge in [-0.05, 0) is 61.2 Å². The fraction of sp³-hybridized carbons (Fsp3) is 0.0714. The second-order valence-electron chi connectivity index (χ2n) is 7.37. The molecule has 1 unspecified atom stereocenters. The van der Waals surface area contributed by atoms with Crippen molar-refractivity contribution in [2.45, 2.75) is 13.8 Å². The third-order valence-electron chi connectivity index (χ3n) is 5.62. The molecule has 0 amide bonds. The molecule has 0 heterocycles. The van der Waals surface area contributed by atoms with Gasteiger partial charge in [-0.2, -0.15) is 0 Å². The number of hydrogen-bond donors (Lipinski definition) is 3. The molecule has 0 spiro atoms. The molecule has 0 radical (unpaired) electrons. The van der Waals surface area contributed by atoms with Gasteiger partial charge in [0.15, 0.2) is 8.38 Å². The van der Waals surface area contributed by atoms with Crippen molar-refractivity contribution in [2.24, 2.45) is 0 Å². The zero-order valence-electron chi connectivity index (χ0n) is 18.5. The van der Waals surface area contributed by atoms with Crippen LogP contribution in [0.1, 0.15) is 13.8 Å². The first kappa shape index (κ1) is 23.5. The van der Waals surface area contributed by atoms with Crippen molar-refractivity contribution in [1.29, 1.82) is 0 Å². The average Bonchev–Trinajstić information content (AvgIpc) is 2.88. The monoisotopic (exact) mass is 472 g/mol. The quantitative estimate of drug-likeness (QED) is 0.207. The minimum atomic E-state index is -2.10. The van der Waals surface area contributed by atoms with Crippen molar-refractivity contribution in [1.82, 2.24) is 0 Å². The molecule has 0 saturated heterocycles. The first-order chi connectivity index (χ1) is 16.2. The number of rotatable bonds is 4. The zero-order valence-corrected chi connectivity index (χ0v) is 20.4. The third kappa shape index (κ3) is 4.57. The summed E-state index contributed by atoms with van der Waals surface area (Å²) >= 11 is 0. The molecule has 5 aromatic rings. The average molecular weight is 472 g/mol. The van der Waals surface area contributed by atoms with Crippen molar-refractivity contribution < 1.29 is 14.7 Å². The first-order valence-electron chi connectivity index (χ1n) is 10.9. The molecular formula is C28H26O3P2. The molecule has 5 heteroatoms. The molecule has 0 aliphatic carbocycles. The van der Waals surface area contributed by atoms with E-state index in [0.29, 0.717) is 5.30 Å². The van der Waals surface area contributed by atoms with E-state index in [1.54, 1.807) is 12.1 Å². The van der Waals surface area contributed by atoms with Crippen LogP contribution in [0.4, 0.5) is 0 Å². The maximum atomic E-state index is 9.53. The van der Waals surface area contributed by atoms with E-state index in [4.69, 9.17) is 0 Å². The molecule has 0 aromatic heterocycles. The second kappa shape index (κ2) is 10.5. The summed E-state index contributed by atoms with van der Waals surface area (Å²) in [5.74, 6) is 0. The standard InChI is InChI=1S/C26H20O3P2.C2H6/c27-30-19-13-9-17(10-14-19)25-21-5-1-3-7-23(21)26(24-8-4-2-6-22(24)25)18-11-15-20(16-12-18)31(28)29;1-2/h1-16,27-30H;1-2H3. The molecule has 1 atom stereocenters. The van der Waals surface area contributed by atoms with Crippen molar-refractivity contribution >= 4 is 49.3 Å². The van der Waals surface area contributed by atoms with E-state index < -0.39 is 8.38 Å². The lowest BCUT2D eigenvalue weighted by molar-refractivity contribution is 0.497. The summed E-state index contributed by atoms with van der Waals surface area (Å²) in [5.41, 5.74) is 4.46. The summed E-state index contributed by atoms with van der Waals surface area (Å²) < 4.78 is 0. The first-order valence-corrected chi connectivity index (χ1v) is 13.1. The SMILES string of the molecule is CC.OPc1ccc(-c2c3ccccc3c(-c3ccc(P(O)O)cc3)c3ccccc23)cc1. The second-order valence-corrected chi connectivity index (χ2v) is 9.26. The highest BCUT2D eigenvalue weighted by atomic mass is 31.2. The van der Waals surface area contributed by atoms with Gasteiger partial charge in [-0.1, -0.05) is 98.8 Å². The summed E-state index contributed by atoms with van der Waals surface area (Å²) in [6, 6.07) is 32.4. The topological polar surface area (TPSA) is 60.7 Å². The Morgan fingerprint density at radius 3 is 1.24 bits per heavy atom. The molecule has 3 nitrogen and oxygen atoms in total. The molecule has 33 heavy (non-hydrogen) atoms. The van der Waals surface area contributed by atoms with Crippen LogP contribution >= 0.6 is 17.2 Å². The van der Waals surface area contributed by atoms with Gasteiger partial charge in [-0.3, -0.25) is 0 Å². The zero-order chi connectivity index (χ0) is 23.4. The Morgan fingerprint density at radius 2 is 0.909 bits per heavy atom. The maximum Gasteiger partial charge on any atom is 0.199 e. The van der Waals surface area contributed by atoms with Crippen LogP contribution in [0.15, 0.2) is 97.1 Å². The van der Waals surface area contributed by atoms with Crippen LogP contribution in [0.5, 0.6) is 0 Å². The van der Waals surface area contributed by atoms with Gasteiger partial charge in [-0.25, -0.2) is 0 Å². The minimum Gasteiger partial charge on any atom is -0.372 e. The van der Waals surface area contributed by atoms with Crippen LogP contribution in [0.3, 0.4) is 0 Å². The number of benzene rings is 5. The van der Waals surface area contributed by atoms with Crippen LogP contribution < -0.4 is 10.6 Å². The Labute approximate surface area is 197 Å². The predicted molar refractivity (Wildman–Crippen MR) is 145 cm³/mol. The Morgan fingerprint density at radius 1 is 0.545 bits per heavy atom. The van der Waals surface area contributed by atoms with E-state index in [9.17, 15) is 14.7 Å². The highest BCUT2D eigenvalue weighted by Gasteiger charge is 2.16. The molecule has 0 fully saturated rings. The van der Waals surface area contributed by atoms with E-state index in [1.807, 2.05) is 38.1 Å². The summed E-state index contributed by atoms with van der Waals surface area (Å²) in [7, 11) is -2.31.